The number of halogens is 4. The zero-order valence-corrected chi connectivity index (χ0v) is 12.9. The molecular weight excluding hydrogens is 351 g/mol. The van der Waals surface area contributed by atoms with Gasteiger partial charge in [0.2, 0.25) is 0 Å². The summed E-state index contributed by atoms with van der Waals surface area (Å²) in [7, 11) is 1.09. The van der Waals surface area contributed by atoms with Gasteiger partial charge < -0.3 is 15.2 Å². The van der Waals surface area contributed by atoms with E-state index >= 15 is 0 Å². The maximum atomic E-state index is 13.0. The molecule has 0 aliphatic carbocycles. The van der Waals surface area contributed by atoms with E-state index in [2.05, 4.69) is 10.1 Å². The van der Waals surface area contributed by atoms with Crippen molar-refractivity contribution in [2.75, 3.05) is 7.11 Å². The second kappa shape index (κ2) is 6.56. The van der Waals surface area contributed by atoms with Gasteiger partial charge in [-0.05, 0) is 17.7 Å². The molecule has 0 saturated carbocycles. The third-order valence-electron chi connectivity index (χ3n) is 3.40. The smallest absolute Gasteiger partial charge is 0.417 e. The van der Waals surface area contributed by atoms with E-state index in [0.29, 0.717) is 0 Å². The summed E-state index contributed by atoms with van der Waals surface area (Å²) in [5, 5.41) is 11.3. The summed E-state index contributed by atoms with van der Waals surface area (Å²) in [4.78, 5) is 23.3. The van der Waals surface area contributed by atoms with Crippen LogP contribution >= 0.6 is 11.6 Å². The monoisotopic (exact) mass is 361 g/mol. The number of esters is 1. The zero-order chi connectivity index (χ0) is 18.1. The van der Waals surface area contributed by atoms with E-state index in [1.807, 2.05) is 0 Å². The van der Waals surface area contributed by atoms with Crippen LogP contribution in [0.15, 0.2) is 41.7 Å². The Kier molecular flexibility index (Phi) is 4.88. The first kappa shape index (κ1) is 17.9. The molecule has 0 aromatic heterocycles. The predicted octanol–water partition coefficient (Wildman–Crippen LogP) is 3.07. The van der Waals surface area contributed by atoms with Crippen LogP contribution < -0.4 is 5.32 Å². The first-order chi connectivity index (χ1) is 11.2. The molecule has 0 spiro atoms. The Bertz CT molecular complexity index is 756. The van der Waals surface area contributed by atoms with Crippen molar-refractivity contribution >= 4 is 23.5 Å². The molecule has 128 valence electrons. The first-order valence-electron chi connectivity index (χ1n) is 6.51. The zero-order valence-electron chi connectivity index (χ0n) is 12.1. The van der Waals surface area contributed by atoms with E-state index in [9.17, 15) is 27.9 Å². The summed E-state index contributed by atoms with van der Waals surface area (Å²) >= 11 is 5.58. The van der Waals surface area contributed by atoms with Crippen LogP contribution in [0.2, 0.25) is 5.02 Å². The van der Waals surface area contributed by atoms with E-state index in [1.54, 1.807) is 0 Å². The van der Waals surface area contributed by atoms with Crippen molar-refractivity contribution < 1.29 is 32.6 Å². The van der Waals surface area contributed by atoms with Gasteiger partial charge in [0.15, 0.2) is 0 Å². The number of methoxy groups -OCH3 is 1. The lowest BCUT2D eigenvalue weighted by molar-refractivity contribution is -0.137. The van der Waals surface area contributed by atoms with Crippen LogP contribution in [0.4, 0.5) is 13.2 Å². The lowest BCUT2D eigenvalue weighted by Crippen LogP contribution is -2.26. The molecule has 1 aliphatic rings. The van der Waals surface area contributed by atoms with Crippen molar-refractivity contribution in [1.82, 2.24) is 5.32 Å². The Labute approximate surface area is 139 Å². The summed E-state index contributed by atoms with van der Waals surface area (Å²) in [6, 6.07) is 2.98. The maximum absolute atomic E-state index is 13.0. The van der Waals surface area contributed by atoms with Crippen LogP contribution in [0.25, 0.3) is 0 Å². The number of aliphatic carboxylic acids is 1. The van der Waals surface area contributed by atoms with Crippen molar-refractivity contribution in [1.29, 1.82) is 0 Å². The van der Waals surface area contributed by atoms with E-state index in [-0.39, 0.29) is 16.7 Å². The van der Waals surface area contributed by atoms with Gasteiger partial charge in [-0.1, -0.05) is 17.7 Å². The minimum atomic E-state index is -4.72. The van der Waals surface area contributed by atoms with Crippen LogP contribution in [0.3, 0.4) is 0 Å². The number of benzene rings is 1. The van der Waals surface area contributed by atoms with Gasteiger partial charge in [-0.15, -0.1) is 0 Å². The van der Waals surface area contributed by atoms with E-state index < -0.39 is 34.6 Å². The molecule has 2 rings (SSSR count). The molecule has 24 heavy (non-hydrogen) atoms. The van der Waals surface area contributed by atoms with Gasteiger partial charge in [-0.3, -0.25) is 0 Å². The molecule has 1 atom stereocenters. The molecule has 0 fully saturated rings. The number of alkyl halides is 3. The predicted molar refractivity (Wildman–Crippen MR) is 78.1 cm³/mol. The molecule has 1 aromatic rings. The van der Waals surface area contributed by atoms with Crippen LogP contribution in [0.5, 0.6) is 0 Å². The Hall–Kier alpha value is -2.48. The molecule has 0 saturated heterocycles. The minimum Gasteiger partial charge on any atom is -0.478 e. The summed E-state index contributed by atoms with van der Waals surface area (Å²) in [6.45, 7) is 0. The molecule has 2 N–H and O–H groups in total. The molecule has 1 aliphatic heterocycles. The van der Waals surface area contributed by atoms with Gasteiger partial charge in [-0.25, -0.2) is 9.59 Å². The average Bonchev–Trinajstić information content (AvgIpc) is 2.52. The highest BCUT2D eigenvalue weighted by molar-refractivity contribution is 6.31. The Morgan fingerprint density at radius 1 is 1.25 bits per heavy atom. The summed E-state index contributed by atoms with van der Waals surface area (Å²) in [6.07, 6.45) is -2.44. The molecule has 0 bridgehead atoms. The number of carbonyl (C=O) groups excluding carboxylic acids is 1. The minimum absolute atomic E-state index is 0.0430. The van der Waals surface area contributed by atoms with Crippen molar-refractivity contribution in [3.8, 4) is 0 Å². The molecule has 5 nitrogen and oxygen atoms in total. The molecule has 0 amide bonds. The van der Waals surface area contributed by atoms with Crippen molar-refractivity contribution in [2.45, 2.75) is 12.1 Å². The van der Waals surface area contributed by atoms with Crippen LogP contribution in [0.1, 0.15) is 17.0 Å². The average molecular weight is 362 g/mol. The molecule has 9 heteroatoms. The number of hydrogen-bond donors (Lipinski definition) is 2. The van der Waals surface area contributed by atoms with E-state index in [4.69, 9.17) is 11.6 Å². The van der Waals surface area contributed by atoms with E-state index in [1.165, 1.54) is 12.3 Å². The Morgan fingerprint density at radius 2 is 1.88 bits per heavy atom. The Balaban J connectivity index is 2.62. The third kappa shape index (κ3) is 3.38. The van der Waals surface area contributed by atoms with Crippen molar-refractivity contribution in [2.24, 2.45) is 0 Å². The van der Waals surface area contributed by atoms with Gasteiger partial charge in [0.25, 0.3) is 0 Å². The SMILES string of the molecule is COC(=O)C1=CNC=C(C(=O)O)C1c1ccc(Cl)c(C(F)(F)F)c1. The summed E-state index contributed by atoms with van der Waals surface area (Å²) in [5.74, 6) is -3.47. The van der Waals surface area contributed by atoms with Gasteiger partial charge in [0.05, 0.1) is 34.8 Å². The molecule has 1 unspecified atom stereocenters. The lowest BCUT2D eigenvalue weighted by Gasteiger charge is -2.24. The highest BCUT2D eigenvalue weighted by Crippen LogP contribution is 2.40. The number of carboxylic acid groups (broad SMARTS) is 1. The largest absolute Gasteiger partial charge is 0.478 e. The van der Waals surface area contributed by atoms with Crippen LogP contribution in [-0.4, -0.2) is 24.2 Å². The van der Waals surface area contributed by atoms with E-state index in [0.717, 1.165) is 25.4 Å². The van der Waals surface area contributed by atoms with Crippen LogP contribution in [-0.2, 0) is 20.5 Å². The summed E-state index contributed by atoms with van der Waals surface area (Å²) < 4.78 is 43.7. The fourth-order valence-electron chi connectivity index (χ4n) is 2.33. The van der Waals surface area contributed by atoms with Gasteiger partial charge in [-0.2, -0.15) is 13.2 Å². The third-order valence-corrected chi connectivity index (χ3v) is 3.73. The number of carbonyl (C=O) groups is 2. The highest BCUT2D eigenvalue weighted by Gasteiger charge is 2.37. The highest BCUT2D eigenvalue weighted by atomic mass is 35.5. The van der Waals surface area contributed by atoms with Gasteiger partial charge in [0, 0.05) is 12.4 Å². The lowest BCUT2D eigenvalue weighted by atomic mass is 9.83. The molecule has 1 heterocycles. The standard InChI is InChI=1S/C15H11ClF3NO4/c1-24-14(23)9-6-20-5-8(13(21)22)12(9)7-2-3-11(16)10(4-7)15(17,18)19/h2-6,12,20H,1H3,(H,21,22). The fourth-order valence-corrected chi connectivity index (χ4v) is 2.56. The number of rotatable bonds is 3. The normalized spacial score (nSPS) is 17.5. The number of nitrogens with one attached hydrogen (secondary N) is 1. The molecule has 0 radical (unpaired) electrons. The van der Waals surface area contributed by atoms with Gasteiger partial charge in [0.1, 0.15) is 0 Å². The van der Waals surface area contributed by atoms with Crippen LogP contribution in [0, 0.1) is 0 Å². The second-order valence-corrected chi connectivity index (χ2v) is 5.24. The van der Waals surface area contributed by atoms with Crippen molar-refractivity contribution in [3.05, 3.63) is 57.9 Å². The van der Waals surface area contributed by atoms with Gasteiger partial charge >= 0.3 is 18.1 Å². The number of dihydropyridines is 1. The molecule has 1 aromatic carbocycles. The number of carboxylic acids is 1. The number of hydrogen-bond acceptors (Lipinski definition) is 4. The quantitative estimate of drug-likeness (QED) is 0.809. The number of ether oxygens (including phenoxy) is 1. The van der Waals surface area contributed by atoms with Crippen molar-refractivity contribution in [3.63, 3.8) is 0 Å². The Morgan fingerprint density at radius 3 is 2.42 bits per heavy atom. The second-order valence-electron chi connectivity index (χ2n) is 4.83. The molecular formula is C15H11ClF3NO4. The topological polar surface area (TPSA) is 75.6 Å². The first-order valence-corrected chi connectivity index (χ1v) is 6.89. The maximum Gasteiger partial charge on any atom is 0.417 e. The summed E-state index contributed by atoms with van der Waals surface area (Å²) in [5.41, 5.74) is -1.59. The fraction of sp³-hybridized carbons (Fsp3) is 0.200.